The Bertz CT molecular complexity index is 994. The van der Waals surface area contributed by atoms with Gasteiger partial charge in [-0.25, -0.2) is 0 Å². The van der Waals surface area contributed by atoms with E-state index in [9.17, 15) is 0 Å². The molecule has 6 heteroatoms. The van der Waals surface area contributed by atoms with Crippen molar-refractivity contribution in [3.8, 4) is 5.75 Å². The van der Waals surface area contributed by atoms with E-state index in [-0.39, 0.29) is 0 Å². The van der Waals surface area contributed by atoms with E-state index in [2.05, 4.69) is 39.7 Å². The van der Waals surface area contributed by atoms with E-state index in [1.165, 1.54) is 11.1 Å². The number of nitrogens with zero attached hydrogens (tertiary/aromatic N) is 1. The highest BCUT2D eigenvalue weighted by molar-refractivity contribution is 6.49. The number of aromatic amines is 1. The minimum atomic E-state index is 0.465. The van der Waals surface area contributed by atoms with E-state index >= 15 is 0 Å². The molecular weight excluding hydrogens is 384 g/mol. The van der Waals surface area contributed by atoms with Crippen molar-refractivity contribution in [3.05, 3.63) is 59.3 Å². The lowest BCUT2D eigenvalue weighted by Gasteiger charge is -2.25. The summed E-state index contributed by atoms with van der Waals surface area (Å²) in [7, 11) is 1.70. The number of halogens is 1. The molecule has 0 saturated heterocycles. The van der Waals surface area contributed by atoms with Gasteiger partial charge in [-0.15, -0.1) is 0 Å². The van der Waals surface area contributed by atoms with Gasteiger partial charge < -0.3 is 20.4 Å². The fraction of sp³-hybridized carbons (Fsp3) is 0.348. The summed E-state index contributed by atoms with van der Waals surface area (Å²) < 4.78 is 5.49. The Morgan fingerprint density at radius 1 is 1.28 bits per heavy atom. The van der Waals surface area contributed by atoms with Gasteiger partial charge in [0.05, 0.1) is 18.1 Å². The number of benzene rings is 1. The third-order valence-electron chi connectivity index (χ3n) is 5.43. The Kier molecular flexibility index (Phi) is 6.07. The number of allylic oxidation sites excluding steroid dienone is 1. The van der Waals surface area contributed by atoms with Crippen molar-refractivity contribution in [3.63, 3.8) is 0 Å². The molecule has 0 amide bonds. The van der Waals surface area contributed by atoms with Gasteiger partial charge in [0.2, 0.25) is 0 Å². The summed E-state index contributed by atoms with van der Waals surface area (Å²) in [6, 6.07) is 10.2. The zero-order chi connectivity index (χ0) is 20.2. The number of ether oxygens (including phenoxy) is 1. The van der Waals surface area contributed by atoms with Crippen LogP contribution in [0.15, 0.2) is 42.6 Å². The van der Waals surface area contributed by atoms with Gasteiger partial charge in [-0.1, -0.05) is 24.6 Å². The van der Waals surface area contributed by atoms with Crippen molar-refractivity contribution in [1.82, 2.24) is 15.3 Å². The fourth-order valence-electron chi connectivity index (χ4n) is 3.95. The molecule has 0 bridgehead atoms. The predicted octanol–water partition coefficient (Wildman–Crippen LogP) is 5.25. The van der Waals surface area contributed by atoms with E-state index in [1.54, 1.807) is 7.11 Å². The molecular formula is C23H27ClN4O. The first-order valence-corrected chi connectivity index (χ1v) is 10.5. The van der Waals surface area contributed by atoms with E-state index in [1.807, 2.05) is 30.5 Å². The van der Waals surface area contributed by atoms with Crippen LogP contribution in [0.3, 0.4) is 0 Å². The van der Waals surface area contributed by atoms with Crippen LogP contribution in [0.25, 0.3) is 16.1 Å². The van der Waals surface area contributed by atoms with Crippen LogP contribution in [-0.4, -0.2) is 30.2 Å². The molecule has 0 fully saturated rings. The van der Waals surface area contributed by atoms with Crippen molar-refractivity contribution in [2.45, 2.75) is 32.2 Å². The van der Waals surface area contributed by atoms with Crippen LogP contribution in [0, 0.1) is 0 Å². The first-order chi connectivity index (χ1) is 14.2. The molecule has 2 heterocycles. The van der Waals surface area contributed by atoms with Crippen LogP contribution in [0.4, 0.5) is 5.82 Å². The molecule has 1 atom stereocenters. The summed E-state index contributed by atoms with van der Waals surface area (Å²) in [5.41, 5.74) is 5.76. The second kappa shape index (κ2) is 8.89. The van der Waals surface area contributed by atoms with Gasteiger partial charge in [0, 0.05) is 35.9 Å². The molecule has 3 N–H and O–H groups in total. The number of hydrogen-bond acceptors (Lipinski definition) is 4. The molecule has 4 rings (SSSR count). The van der Waals surface area contributed by atoms with Crippen molar-refractivity contribution < 1.29 is 4.74 Å². The van der Waals surface area contributed by atoms with Gasteiger partial charge in [-0.05, 0) is 60.7 Å². The maximum Gasteiger partial charge on any atom is 0.119 e. The summed E-state index contributed by atoms with van der Waals surface area (Å²) >= 11 is 6.47. The van der Waals surface area contributed by atoms with Crippen LogP contribution in [-0.2, 0) is 6.54 Å². The topological polar surface area (TPSA) is 62.0 Å². The average molecular weight is 411 g/mol. The average Bonchev–Trinajstić information content (AvgIpc) is 3.15. The van der Waals surface area contributed by atoms with Gasteiger partial charge in [0.15, 0.2) is 0 Å². The largest absolute Gasteiger partial charge is 0.497 e. The standard InChI is InChI=1S/C23H27ClN4O/c1-15-6-7-19(24)18-12-17(29-2)11-16(23(15)18)14-25-8-4-10-27-22-13-21-20(28-22)5-3-9-26-21/h3,5,7,9,11-13,15,25,27-28H,4,6,8,10,14H2,1-2H3/t15-/m1/s1. The first-order valence-electron chi connectivity index (χ1n) is 10.1. The highest BCUT2D eigenvalue weighted by atomic mass is 35.5. The Labute approximate surface area is 176 Å². The molecule has 0 saturated carbocycles. The van der Waals surface area contributed by atoms with Crippen LogP contribution < -0.4 is 15.4 Å². The third-order valence-corrected chi connectivity index (χ3v) is 5.78. The SMILES string of the molecule is COc1cc(CNCCCNc2cc3ncccc3[nH]2)c2c(c1)C(Cl)=CC[C@H]2C. The Morgan fingerprint density at radius 2 is 2.17 bits per heavy atom. The fourth-order valence-corrected chi connectivity index (χ4v) is 4.19. The number of methoxy groups -OCH3 is 1. The summed E-state index contributed by atoms with van der Waals surface area (Å²) in [5.74, 6) is 2.33. The minimum Gasteiger partial charge on any atom is -0.497 e. The van der Waals surface area contributed by atoms with Crippen molar-refractivity contribution in [2.24, 2.45) is 0 Å². The molecule has 1 aliphatic carbocycles. The minimum absolute atomic E-state index is 0.465. The highest BCUT2D eigenvalue weighted by Gasteiger charge is 2.21. The molecule has 152 valence electrons. The van der Waals surface area contributed by atoms with Gasteiger partial charge in [-0.2, -0.15) is 0 Å². The van der Waals surface area contributed by atoms with E-state index in [0.29, 0.717) is 5.92 Å². The van der Waals surface area contributed by atoms with Crippen LogP contribution in [0.2, 0.25) is 0 Å². The molecule has 1 aliphatic rings. The van der Waals surface area contributed by atoms with Crippen LogP contribution in [0.5, 0.6) is 5.75 Å². The lowest BCUT2D eigenvalue weighted by Crippen LogP contribution is -2.20. The monoisotopic (exact) mass is 410 g/mol. The Balaban J connectivity index is 1.31. The van der Waals surface area contributed by atoms with E-state index in [4.69, 9.17) is 16.3 Å². The predicted molar refractivity (Wildman–Crippen MR) is 121 cm³/mol. The zero-order valence-corrected chi connectivity index (χ0v) is 17.6. The quantitative estimate of drug-likeness (QED) is 0.444. The number of fused-ring (bicyclic) bond motifs is 2. The molecule has 29 heavy (non-hydrogen) atoms. The number of aromatic nitrogens is 2. The normalized spacial score (nSPS) is 15.8. The second-order valence-corrected chi connectivity index (χ2v) is 7.92. The molecule has 0 spiro atoms. The van der Waals surface area contributed by atoms with Crippen molar-refractivity contribution in [2.75, 3.05) is 25.5 Å². The van der Waals surface area contributed by atoms with E-state index < -0.39 is 0 Å². The van der Waals surface area contributed by atoms with Crippen LogP contribution in [0.1, 0.15) is 42.4 Å². The van der Waals surface area contributed by atoms with Gasteiger partial charge in [0.1, 0.15) is 11.6 Å². The number of pyridine rings is 1. The van der Waals surface area contributed by atoms with Gasteiger partial charge in [0.25, 0.3) is 0 Å². The number of nitrogens with one attached hydrogen (secondary N) is 3. The summed E-state index contributed by atoms with van der Waals surface area (Å²) in [6.45, 7) is 4.88. The van der Waals surface area contributed by atoms with Crippen molar-refractivity contribution >= 4 is 33.5 Å². The summed E-state index contributed by atoms with van der Waals surface area (Å²) in [5, 5.41) is 7.83. The molecule has 3 aromatic rings. The third kappa shape index (κ3) is 4.41. The lowest BCUT2D eigenvalue weighted by molar-refractivity contribution is 0.413. The highest BCUT2D eigenvalue weighted by Crippen LogP contribution is 2.40. The van der Waals surface area contributed by atoms with Crippen molar-refractivity contribution in [1.29, 1.82) is 0 Å². The van der Waals surface area contributed by atoms with Gasteiger partial charge >= 0.3 is 0 Å². The summed E-state index contributed by atoms with van der Waals surface area (Å²) in [4.78, 5) is 7.69. The van der Waals surface area contributed by atoms with E-state index in [0.717, 1.165) is 65.7 Å². The Morgan fingerprint density at radius 3 is 3.00 bits per heavy atom. The number of hydrogen-bond donors (Lipinski definition) is 3. The van der Waals surface area contributed by atoms with Crippen LogP contribution >= 0.6 is 11.6 Å². The summed E-state index contributed by atoms with van der Waals surface area (Å²) in [6.07, 6.45) is 5.92. The molecule has 1 aromatic carbocycles. The number of H-pyrrole nitrogens is 1. The molecule has 2 aromatic heterocycles. The molecule has 5 nitrogen and oxygen atoms in total. The Hall–Kier alpha value is -2.50. The smallest absolute Gasteiger partial charge is 0.119 e. The van der Waals surface area contributed by atoms with Gasteiger partial charge in [-0.3, -0.25) is 4.98 Å². The molecule has 0 aliphatic heterocycles. The first kappa shape index (κ1) is 19.8. The maximum absolute atomic E-state index is 6.47. The number of rotatable bonds is 8. The molecule has 0 unspecified atom stereocenters. The second-order valence-electron chi connectivity index (χ2n) is 7.51. The zero-order valence-electron chi connectivity index (χ0n) is 16.9. The maximum atomic E-state index is 6.47. The number of anilines is 1. The lowest BCUT2D eigenvalue weighted by atomic mass is 9.84. The molecule has 0 radical (unpaired) electrons.